The lowest BCUT2D eigenvalue weighted by Crippen LogP contribution is -1.87. The maximum atomic E-state index is 13.2. The van der Waals surface area contributed by atoms with Gasteiger partial charge >= 0.3 is 0 Å². The fourth-order valence-electron chi connectivity index (χ4n) is 1.68. The number of benzene rings is 1. The molecule has 0 spiro atoms. The van der Waals surface area contributed by atoms with Crippen LogP contribution in [-0.4, -0.2) is 0 Å². The highest BCUT2D eigenvalue weighted by Gasteiger charge is 2.04. The molecular weight excluding hydrogens is 195 g/mol. The average Bonchev–Trinajstić information content (AvgIpc) is 2.61. The summed E-state index contributed by atoms with van der Waals surface area (Å²) in [6.07, 6.45) is 3.28. The lowest BCUT2D eigenvalue weighted by molar-refractivity contribution is 0.627. The number of halogens is 1. The van der Waals surface area contributed by atoms with Gasteiger partial charge in [0.05, 0.1) is 0 Å². The van der Waals surface area contributed by atoms with Gasteiger partial charge in [0.2, 0.25) is 0 Å². The molecule has 1 aromatic heterocycles. The van der Waals surface area contributed by atoms with Crippen LogP contribution in [0, 0.1) is 5.82 Å². The second-order valence-corrected chi connectivity index (χ2v) is 4.45. The average molecular weight is 208 g/mol. The molecular formula is C12H13FS. The summed E-state index contributed by atoms with van der Waals surface area (Å²) in [7, 11) is 0. The van der Waals surface area contributed by atoms with Crippen molar-refractivity contribution in [3.8, 4) is 0 Å². The van der Waals surface area contributed by atoms with Gasteiger partial charge in [0.15, 0.2) is 0 Å². The minimum Gasteiger partial charge on any atom is -0.207 e. The molecule has 0 fully saturated rings. The number of hydrogen-bond acceptors (Lipinski definition) is 1. The minimum atomic E-state index is -0.106. The topological polar surface area (TPSA) is 0 Å². The Morgan fingerprint density at radius 1 is 1.36 bits per heavy atom. The lowest BCUT2D eigenvalue weighted by Gasteiger charge is -2.02. The molecule has 1 aromatic carbocycles. The molecule has 2 aromatic rings. The van der Waals surface area contributed by atoms with E-state index in [1.165, 1.54) is 5.39 Å². The van der Waals surface area contributed by atoms with E-state index in [9.17, 15) is 4.39 Å². The zero-order valence-electron chi connectivity index (χ0n) is 8.22. The fraction of sp³-hybridized carbons (Fsp3) is 0.333. The predicted octanol–water partition coefficient (Wildman–Crippen LogP) is 4.38. The van der Waals surface area contributed by atoms with Crippen molar-refractivity contribution in [3.63, 3.8) is 0 Å². The van der Waals surface area contributed by atoms with E-state index in [4.69, 9.17) is 0 Å². The molecule has 0 aliphatic rings. The van der Waals surface area contributed by atoms with Crippen LogP contribution in [0.1, 0.15) is 25.3 Å². The highest BCUT2D eigenvalue weighted by atomic mass is 32.1. The predicted molar refractivity (Wildman–Crippen MR) is 60.4 cm³/mol. The van der Waals surface area contributed by atoms with Gasteiger partial charge in [-0.05, 0) is 47.4 Å². The first kappa shape index (κ1) is 9.66. The molecule has 0 N–H and O–H groups in total. The summed E-state index contributed by atoms with van der Waals surface area (Å²) in [5.74, 6) is -0.106. The van der Waals surface area contributed by atoms with Crippen molar-refractivity contribution in [1.29, 1.82) is 0 Å². The van der Waals surface area contributed by atoms with E-state index in [1.54, 1.807) is 23.5 Å². The lowest BCUT2D eigenvalue weighted by atomic mass is 10.0. The molecule has 2 rings (SSSR count). The summed E-state index contributed by atoms with van der Waals surface area (Å²) in [6.45, 7) is 2.16. The maximum absolute atomic E-state index is 13.2. The van der Waals surface area contributed by atoms with Crippen LogP contribution in [0.4, 0.5) is 4.39 Å². The van der Waals surface area contributed by atoms with E-state index < -0.39 is 0 Å². The second-order valence-electron chi connectivity index (χ2n) is 3.50. The van der Waals surface area contributed by atoms with E-state index in [0.29, 0.717) is 0 Å². The summed E-state index contributed by atoms with van der Waals surface area (Å²) in [6, 6.07) is 5.38. The monoisotopic (exact) mass is 208 g/mol. The van der Waals surface area contributed by atoms with Crippen LogP contribution in [0.2, 0.25) is 0 Å². The molecule has 0 radical (unpaired) electrons. The molecule has 0 aliphatic carbocycles. The van der Waals surface area contributed by atoms with Crippen LogP contribution in [0.15, 0.2) is 23.6 Å². The first-order valence-corrected chi connectivity index (χ1v) is 5.85. The quantitative estimate of drug-likeness (QED) is 0.702. The van der Waals surface area contributed by atoms with E-state index in [2.05, 4.69) is 13.0 Å². The first-order valence-electron chi connectivity index (χ1n) is 4.97. The Hall–Kier alpha value is -0.890. The molecule has 0 aliphatic heterocycles. The number of hydrogen-bond donors (Lipinski definition) is 0. The molecule has 0 saturated heterocycles. The Morgan fingerprint density at radius 2 is 2.21 bits per heavy atom. The molecule has 0 amide bonds. The normalized spacial score (nSPS) is 11.0. The van der Waals surface area contributed by atoms with Gasteiger partial charge in [-0.1, -0.05) is 13.3 Å². The van der Waals surface area contributed by atoms with Gasteiger partial charge in [0.1, 0.15) is 5.82 Å². The van der Waals surface area contributed by atoms with Crippen molar-refractivity contribution in [3.05, 3.63) is 35.0 Å². The molecule has 0 unspecified atom stereocenters. The van der Waals surface area contributed by atoms with Crippen molar-refractivity contribution >= 4 is 21.4 Å². The van der Waals surface area contributed by atoms with Crippen LogP contribution in [0.5, 0.6) is 0 Å². The maximum Gasteiger partial charge on any atom is 0.124 e. The molecule has 0 saturated carbocycles. The van der Waals surface area contributed by atoms with Crippen LogP contribution in [-0.2, 0) is 6.42 Å². The Bertz CT molecular complexity index is 431. The number of rotatable bonds is 3. The highest BCUT2D eigenvalue weighted by molar-refractivity contribution is 7.17. The third kappa shape index (κ3) is 1.80. The third-order valence-corrected chi connectivity index (χ3v) is 3.29. The molecule has 1 heterocycles. The number of unbranched alkanes of at least 4 members (excludes halogenated alkanes) is 1. The molecule has 0 atom stereocenters. The molecule has 0 bridgehead atoms. The van der Waals surface area contributed by atoms with E-state index in [1.807, 2.05) is 5.38 Å². The Labute approximate surface area is 87.4 Å². The smallest absolute Gasteiger partial charge is 0.124 e. The van der Waals surface area contributed by atoms with Gasteiger partial charge in [0.25, 0.3) is 0 Å². The number of aryl methyl sites for hydroxylation is 1. The largest absolute Gasteiger partial charge is 0.207 e. The van der Waals surface area contributed by atoms with Crippen molar-refractivity contribution in [2.45, 2.75) is 26.2 Å². The third-order valence-electron chi connectivity index (χ3n) is 2.42. The fourth-order valence-corrected chi connectivity index (χ4v) is 2.54. The zero-order valence-corrected chi connectivity index (χ0v) is 9.03. The Morgan fingerprint density at radius 3 is 3.00 bits per heavy atom. The standard InChI is InChI=1S/C12H13FS/c1-2-3-4-9-7-10(13)8-12-11(9)5-6-14-12/h5-8H,2-4H2,1H3. The van der Waals surface area contributed by atoms with Crippen LogP contribution in [0.3, 0.4) is 0 Å². The first-order chi connectivity index (χ1) is 6.81. The van der Waals surface area contributed by atoms with Crippen LogP contribution < -0.4 is 0 Å². The van der Waals surface area contributed by atoms with Crippen molar-refractivity contribution in [2.75, 3.05) is 0 Å². The molecule has 14 heavy (non-hydrogen) atoms. The van der Waals surface area contributed by atoms with E-state index in [0.717, 1.165) is 29.5 Å². The minimum absolute atomic E-state index is 0.106. The highest BCUT2D eigenvalue weighted by Crippen LogP contribution is 2.26. The SMILES string of the molecule is CCCCc1cc(F)cc2sccc12. The van der Waals surface area contributed by atoms with Gasteiger partial charge < -0.3 is 0 Å². The van der Waals surface area contributed by atoms with E-state index in [-0.39, 0.29) is 5.82 Å². The van der Waals surface area contributed by atoms with Gasteiger partial charge in [0, 0.05) is 4.70 Å². The van der Waals surface area contributed by atoms with Crippen LogP contribution in [0.25, 0.3) is 10.1 Å². The van der Waals surface area contributed by atoms with Gasteiger partial charge in [-0.2, -0.15) is 0 Å². The Balaban J connectivity index is 2.44. The number of fused-ring (bicyclic) bond motifs is 1. The van der Waals surface area contributed by atoms with Crippen molar-refractivity contribution in [1.82, 2.24) is 0 Å². The zero-order chi connectivity index (χ0) is 9.97. The number of thiophene rings is 1. The summed E-state index contributed by atoms with van der Waals surface area (Å²) in [5.41, 5.74) is 1.16. The van der Waals surface area contributed by atoms with Crippen molar-refractivity contribution < 1.29 is 4.39 Å². The second kappa shape index (κ2) is 4.09. The molecule has 2 heteroatoms. The van der Waals surface area contributed by atoms with Gasteiger partial charge in [-0.15, -0.1) is 11.3 Å². The van der Waals surface area contributed by atoms with E-state index >= 15 is 0 Å². The van der Waals surface area contributed by atoms with Crippen molar-refractivity contribution in [2.24, 2.45) is 0 Å². The summed E-state index contributed by atoms with van der Waals surface area (Å²) in [4.78, 5) is 0. The summed E-state index contributed by atoms with van der Waals surface area (Å²) >= 11 is 1.61. The summed E-state index contributed by atoms with van der Waals surface area (Å²) in [5, 5.41) is 3.25. The Kier molecular flexibility index (Phi) is 2.82. The molecule has 0 nitrogen and oxygen atoms in total. The van der Waals surface area contributed by atoms with Gasteiger partial charge in [-0.3, -0.25) is 0 Å². The van der Waals surface area contributed by atoms with Crippen LogP contribution >= 0.6 is 11.3 Å². The van der Waals surface area contributed by atoms with Gasteiger partial charge in [-0.25, -0.2) is 4.39 Å². The summed E-state index contributed by atoms with van der Waals surface area (Å²) < 4.78 is 14.3. The molecule has 74 valence electrons.